The SMILES string of the molecule is O=C(Nc1cc(-c2nn(CC(=O)N3CCCCC3)c(=O)c3ccccc23)ccc1N1CCOCC1)c1ccccc1Cl. The van der Waals surface area contributed by atoms with Gasteiger partial charge in [-0.25, -0.2) is 4.68 Å². The van der Waals surface area contributed by atoms with Crippen molar-refractivity contribution < 1.29 is 14.3 Å². The van der Waals surface area contributed by atoms with Crippen molar-refractivity contribution in [1.82, 2.24) is 14.7 Å². The summed E-state index contributed by atoms with van der Waals surface area (Å²) in [5, 5.41) is 9.30. The number of carbonyl (C=O) groups is 2. The van der Waals surface area contributed by atoms with Gasteiger partial charge in [-0.2, -0.15) is 5.10 Å². The lowest BCUT2D eigenvalue weighted by Crippen LogP contribution is -2.40. The van der Waals surface area contributed by atoms with E-state index >= 15 is 0 Å². The van der Waals surface area contributed by atoms with Crippen LogP contribution in [0.4, 0.5) is 11.4 Å². The molecule has 0 atom stereocenters. The number of hydrogen-bond acceptors (Lipinski definition) is 6. The zero-order valence-electron chi connectivity index (χ0n) is 23.2. The number of morpholine rings is 1. The van der Waals surface area contributed by atoms with Crippen LogP contribution in [-0.4, -0.2) is 65.9 Å². The Hall–Kier alpha value is -4.21. The molecule has 3 aromatic carbocycles. The molecule has 0 unspecified atom stereocenters. The third kappa shape index (κ3) is 5.75. The van der Waals surface area contributed by atoms with Gasteiger partial charge < -0.3 is 19.9 Å². The van der Waals surface area contributed by atoms with E-state index < -0.39 is 0 Å². The molecule has 216 valence electrons. The van der Waals surface area contributed by atoms with Crippen LogP contribution in [0.25, 0.3) is 22.0 Å². The first-order valence-corrected chi connectivity index (χ1v) is 14.7. The van der Waals surface area contributed by atoms with Crippen LogP contribution < -0.4 is 15.8 Å². The first-order chi connectivity index (χ1) is 20.5. The fraction of sp³-hybridized carbons (Fsp3) is 0.312. The second kappa shape index (κ2) is 12.3. The number of hydrogen-bond donors (Lipinski definition) is 1. The van der Waals surface area contributed by atoms with Gasteiger partial charge in [0.25, 0.3) is 11.5 Å². The average molecular weight is 586 g/mol. The number of anilines is 2. The van der Waals surface area contributed by atoms with Gasteiger partial charge >= 0.3 is 0 Å². The predicted octanol–water partition coefficient (Wildman–Crippen LogP) is 4.82. The molecule has 4 aromatic rings. The monoisotopic (exact) mass is 585 g/mol. The van der Waals surface area contributed by atoms with Crippen LogP contribution in [0.1, 0.15) is 29.6 Å². The van der Waals surface area contributed by atoms with Gasteiger partial charge in [-0.1, -0.05) is 48.0 Å². The van der Waals surface area contributed by atoms with Gasteiger partial charge in [0.05, 0.1) is 46.3 Å². The molecule has 2 amide bonds. The van der Waals surface area contributed by atoms with E-state index in [1.807, 2.05) is 35.2 Å². The van der Waals surface area contributed by atoms with Crippen molar-refractivity contribution in [2.45, 2.75) is 25.8 Å². The molecule has 2 aliphatic rings. The maximum absolute atomic E-state index is 13.4. The first kappa shape index (κ1) is 27.9. The summed E-state index contributed by atoms with van der Waals surface area (Å²) in [6, 6.07) is 19.9. The quantitative estimate of drug-likeness (QED) is 0.349. The zero-order chi connectivity index (χ0) is 29.1. The van der Waals surface area contributed by atoms with Crippen molar-refractivity contribution in [2.24, 2.45) is 0 Å². The highest BCUT2D eigenvalue weighted by molar-refractivity contribution is 6.34. The topological polar surface area (TPSA) is 96.8 Å². The largest absolute Gasteiger partial charge is 0.378 e. The van der Waals surface area contributed by atoms with E-state index in [1.54, 1.807) is 36.4 Å². The van der Waals surface area contributed by atoms with Gasteiger partial charge in [0.1, 0.15) is 6.54 Å². The second-order valence-electron chi connectivity index (χ2n) is 10.6. The lowest BCUT2D eigenvalue weighted by atomic mass is 10.0. The molecule has 3 heterocycles. The number of nitrogens with one attached hydrogen (secondary N) is 1. The molecule has 0 bridgehead atoms. The molecule has 0 radical (unpaired) electrons. The standard InChI is InChI=1S/C32H32ClN5O4/c33-26-11-5-4-10-25(26)31(40)34-27-20-22(12-13-28(27)36-16-18-42-19-17-36)30-23-8-2-3-9-24(23)32(41)38(35-30)21-29(39)37-14-6-1-7-15-37/h2-5,8-13,20H,1,6-7,14-19,21H2,(H,34,40). The minimum atomic E-state index is -0.331. The van der Waals surface area contributed by atoms with Gasteiger partial charge in [0.2, 0.25) is 5.91 Å². The van der Waals surface area contributed by atoms with Crippen LogP contribution >= 0.6 is 11.6 Å². The Morgan fingerprint density at radius 1 is 0.881 bits per heavy atom. The van der Waals surface area contributed by atoms with Gasteiger partial charge in [0, 0.05) is 37.1 Å². The van der Waals surface area contributed by atoms with Crippen LogP contribution in [0, 0.1) is 0 Å². The van der Waals surface area contributed by atoms with Gasteiger partial charge in [-0.3, -0.25) is 14.4 Å². The molecule has 6 rings (SSSR count). The molecule has 42 heavy (non-hydrogen) atoms. The Balaban J connectivity index is 1.43. The molecule has 0 aliphatic carbocycles. The number of nitrogens with zero attached hydrogens (tertiary/aromatic N) is 4. The number of piperidine rings is 1. The highest BCUT2D eigenvalue weighted by Crippen LogP contribution is 2.34. The Bertz CT molecular complexity index is 1690. The van der Waals surface area contributed by atoms with Crippen molar-refractivity contribution in [3.63, 3.8) is 0 Å². The lowest BCUT2D eigenvalue weighted by Gasteiger charge is -2.31. The number of carbonyl (C=O) groups excluding carboxylic acids is 2. The van der Waals surface area contributed by atoms with E-state index in [0.29, 0.717) is 77.7 Å². The van der Waals surface area contributed by atoms with E-state index in [9.17, 15) is 14.4 Å². The molecule has 2 fully saturated rings. The van der Waals surface area contributed by atoms with Crippen LogP contribution in [0.3, 0.4) is 0 Å². The van der Waals surface area contributed by atoms with Gasteiger partial charge in [0.15, 0.2) is 0 Å². The van der Waals surface area contributed by atoms with Crippen LogP contribution in [0.5, 0.6) is 0 Å². The summed E-state index contributed by atoms with van der Waals surface area (Å²) in [6.45, 7) is 3.80. The molecular formula is C32H32ClN5O4. The van der Waals surface area contributed by atoms with Crippen molar-refractivity contribution in [3.05, 3.63) is 87.7 Å². The van der Waals surface area contributed by atoms with Gasteiger partial charge in [-0.15, -0.1) is 0 Å². The lowest BCUT2D eigenvalue weighted by molar-refractivity contribution is -0.133. The maximum Gasteiger partial charge on any atom is 0.275 e. The third-order valence-corrected chi connectivity index (χ3v) is 8.18. The summed E-state index contributed by atoms with van der Waals surface area (Å²) in [7, 11) is 0. The summed E-state index contributed by atoms with van der Waals surface area (Å²) in [4.78, 5) is 43.9. The Morgan fingerprint density at radius 2 is 1.60 bits per heavy atom. The summed E-state index contributed by atoms with van der Waals surface area (Å²) in [5.74, 6) is -0.442. The van der Waals surface area contributed by atoms with Crippen molar-refractivity contribution in [3.8, 4) is 11.3 Å². The molecule has 1 aromatic heterocycles. The summed E-state index contributed by atoms with van der Waals surface area (Å²) in [5.41, 5.74) is 2.76. The van der Waals surface area contributed by atoms with E-state index in [-0.39, 0.29) is 23.9 Å². The zero-order valence-corrected chi connectivity index (χ0v) is 24.0. The Morgan fingerprint density at radius 3 is 2.36 bits per heavy atom. The number of rotatable bonds is 6. The normalized spacial score (nSPS) is 15.5. The van der Waals surface area contributed by atoms with Crippen LogP contribution in [0.2, 0.25) is 5.02 Å². The van der Waals surface area contributed by atoms with E-state index in [0.717, 1.165) is 24.9 Å². The molecule has 2 saturated heterocycles. The summed E-state index contributed by atoms with van der Waals surface area (Å²) >= 11 is 6.34. The number of benzene rings is 3. The minimum absolute atomic E-state index is 0.110. The molecule has 2 aliphatic heterocycles. The van der Waals surface area contributed by atoms with Crippen molar-refractivity contribution in [2.75, 3.05) is 49.6 Å². The molecular weight excluding hydrogens is 554 g/mol. The second-order valence-corrected chi connectivity index (χ2v) is 11.0. The van der Waals surface area contributed by atoms with Crippen LogP contribution in [-0.2, 0) is 16.1 Å². The molecule has 1 N–H and O–H groups in total. The molecule has 0 saturated carbocycles. The predicted molar refractivity (Wildman–Crippen MR) is 164 cm³/mol. The van der Waals surface area contributed by atoms with Crippen LogP contribution in [0.15, 0.2) is 71.5 Å². The smallest absolute Gasteiger partial charge is 0.275 e. The number of amides is 2. The number of aromatic nitrogens is 2. The number of likely N-dealkylation sites (tertiary alicyclic amines) is 1. The highest BCUT2D eigenvalue weighted by Gasteiger charge is 2.22. The summed E-state index contributed by atoms with van der Waals surface area (Å²) in [6.07, 6.45) is 3.04. The van der Waals surface area contributed by atoms with Gasteiger partial charge in [-0.05, 0) is 49.6 Å². The minimum Gasteiger partial charge on any atom is -0.378 e. The maximum atomic E-state index is 13.4. The number of ether oxygens (including phenoxy) is 1. The molecule has 0 spiro atoms. The number of fused-ring (bicyclic) bond motifs is 1. The summed E-state index contributed by atoms with van der Waals surface area (Å²) < 4.78 is 6.82. The molecule has 9 nitrogen and oxygen atoms in total. The van der Waals surface area contributed by atoms with Crippen molar-refractivity contribution >= 4 is 45.6 Å². The number of halogens is 1. The van der Waals surface area contributed by atoms with Crippen molar-refractivity contribution in [1.29, 1.82) is 0 Å². The highest BCUT2D eigenvalue weighted by atomic mass is 35.5. The fourth-order valence-electron chi connectivity index (χ4n) is 5.63. The van der Waals surface area contributed by atoms with E-state index in [1.165, 1.54) is 4.68 Å². The van der Waals surface area contributed by atoms with E-state index in [4.69, 9.17) is 21.4 Å². The Labute approximate surface area is 248 Å². The molecule has 10 heteroatoms. The Kier molecular flexibility index (Phi) is 8.21. The van der Waals surface area contributed by atoms with E-state index in [2.05, 4.69) is 10.2 Å². The third-order valence-electron chi connectivity index (χ3n) is 7.85. The fourth-order valence-corrected chi connectivity index (χ4v) is 5.85. The average Bonchev–Trinajstić information content (AvgIpc) is 3.03. The first-order valence-electron chi connectivity index (χ1n) is 14.3.